The van der Waals surface area contributed by atoms with Crippen LogP contribution < -0.4 is 4.74 Å². The van der Waals surface area contributed by atoms with Crippen molar-refractivity contribution in [2.75, 3.05) is 13.7 Å². The van der Waals surface area contributed by atoms with Crippen LogP contribution in [0.3, 0.4) is 0 Å². The van der Waals surface area contributed by atoms with Crippen molar-refractivity contribution in [2.45, 2.75) is 6.92 Å². The van der Waals surface area contributed by atoms with Crippen molar-refractivity contribution in [3.05, 3.63) is 52.1 Å². The molecule has 0 unspecified atom stereocenters. The molecule has 0 saturated heterocycles. The fourth-order valence-corrected chi connectivity index (χ4v) is 2.18. The molecule has 0 spiro atoms. The van der Waals surface area contributed by atoms with Gasteiger partial charge in [-0.15, -0.1) is 0 Å². The molecule has 0 bridgehead atoms. The minimum absolute atomic E-state index is 0.302. The van der Waals surface area contributed by atoms with Crippen molar-refractivity contribution in [3.63, 3.8) is 0 Å². The lowest BCUT2D eigenvalue weighted by Crippen LogP contribution is -2.05. The highest BCUT2D eigenvalue weighted by Gasteiger charge is 2.11. The molecule has 0 radical (unpaired) electrons. The van der Waals surface area contributed by atoms with Crippen LogP contribution in [0, 0.1) is 0 Å². The van der Waals surface area contributed by atoms with Crippen LogP contribution >= 0.6 is 15.9 Å². The Balaban J connectivity index is 2.13. The lowest BCUT2D eigenvalue weighted by atomic mass is 10.2. The molecule has 0 aliphatic carbocycles. The van der Waals surface area contributed by atoms with E-state index in [0.717, 1.165) is 0 Å². The van der Waals surface area contributed by atoms with E-state index >= 15 is 0 Å². The zero-order valence-corrected chi connectivity index (χ0v) is 14.1. The van der Waals surface area contributed by atoms with E-state index in [2.05, 4.69) is 25.7 Å². The van der Waals surface area contributed by atoms with Crippen molar-refractivity contribution < 1.29 is 23.8 Å². The molecule has 7 heteroatoms. The maximum Gasteiger partial charge on any atom is 0.339 e. The van der Waals surface area contributed by atoms with Gasteiger partial charge in [0, 0.05) is 12.3 Å². The fraction of sp³-hybridized carbons (Fsp3) is 0.188. The molecule has 2 aromatic rings. The standard InChI is InChI=1S/C16H14BrNO5/c1-3-22-16(20)11-5-7-14(18-9-11)23-13-6-4-10(8-12(13)17)15(19)21-2/h4-9H,3H2,1-2H3. The van der Waals surface area contributed by atoms with Crippen molar-refractivity contribution in [1.82, 2.24) is 4.98 Å². The third-order valence-corrected chi connectivity index (χ3v) is 3.43. The Morgan fingerprint density at radius 3 is 2.43 bits per heavy atom. The van der Waals surface area contributed by atoms with Crippen LogP contribution in [0.1, 0.15) is 27.6 Å². The van der Waals surface area contributed by atoms with E-state index in [0.29, 0.717) is 33.8 Å². The number of halogens is 1. The monoisotopic (exact) mass is 379 g/mol. The molecule has 0 fully saturated rings. The van der Waals surface area contributed by atoms with Crippen molar-refractivity contribution in [2.24, 2.45) is 0 Å². The van der Waals surface area contributed by atoms with Gasteiger partial charge in [-0.3, -0.25) is 0 Å². The van der Waals surface area contributed by atoms with Crippen LogP contribution in [0.2, 0.25) is 0 Å². The number of carbonyl (C=O) groups is 2. The summed E-state index contributed by atoms with van der Waals surface area (Å²) in [6.45, 7) is 2.04. The summed E-state index contributed by atoms with van der Waals surface area (Å²) < 4.78 is 15.7. The Bertz CT molecular complexity index is 715. The van der Waals surface area contributed by atoms with Crippen LogP contribution in [0.15, 0.2) is 41.0 Å². The van der Waals surface area contributed by atoms with Gasteiger partial charge in [-0.25, -0.2) is 14.6 Å². The van der Waals surface area contributed by atoms with E-state index in [1.165, 1.54) is 13.3 Å². The van der Waals surface area contributed by atoms with Crippen molar-refractivity contribution >= 4 is 27.9 Å². The number of carbonyl (C=O) groups excluding carboxylic acids is 2. The number of hydrogen-bond acceptors (Lipinski definition) is 6. The molecule has 0 N–H and O–H groups in total. The summed E-state index contributed by atoms with van der Waals surface area (Å²) in [4.78, 5) is 27.1. The Hall–Kier alpha value is -2.41. The van der Waals surface area contributed by atoms with Crippen LogP contribution in [0.4, 0.5) is 0 Å². The highest BCUT2D eigenvalue weighted by Crippen LogP contribution is 2.30. The van der Waals surface area contributed by atoms with Gasteiger partial charge < -0.3 is 14.2 Å². The van der Waals surface area contributed by atoms with E-state index < -0.39 is 11.9 Å². The third kappa shape index (κ3) is 4.29. The molecule has 0 atom stereocenters. The second-order valence-electron chi connectivity index (χ2n) is 4.34. The third-order valence-electron chi connectivity index (χ3n) is 2.81. The topological polar surface area (TPSA) is 74.7 Å². The Kier molecular flexibility index (Phi) is 5.70. The maximum absolute atomic E-state index is 11.5. The summed E-state index contributed by atoms with van der Waals surface area (Å²) >= 11 is 3.33. The molecule has 23 heavy (non-hydrogen) atoms. The number of ether oxygens (including phenoxy) is 3. The first-order valence-corrected chi connectivity index (χ1v) is 7.53. The smallest absolute Gasteiger partial charge is 0.339 e. The number of pyridine rings is 1. The zero-order chi connectivity index (χ0) is 16.8. The molecular formula is C16H14BrNO5. The van der Waals surface area contributed by atoms with Crippen LogP contribution in [-0.4, -0.2) is 30.6 Å². The summed E-state index contributed by atoms with van der Waals surface area (Å²) in [6, 6.07) is 7.92. The van der Waals surface area contributed by atoms with Crippen molar-refractivity contribution in [3.8, 4) is 11.6 Å². The van der Waals surface area contributed by atoms with Crippen LogP contribution in [0.5, 0.6) is 11.6 Å². The molecule has 0 aliphatic rings. The number of rotatable bonds is 5. The summed E-state index contributed by atoms with van der Waals surface area (Å²) in [5, 5.41) is 0. The van der Waals surface area contributed by atoms with Gasteiger partial charge in [0.25, 0.3) is 0 Å². The first kappa shape index (κ1) is 17.0. The first-order valence-electron chi connectivity index (χ1n) is 6.74. The van der Waals surface area contributed by atoms with E-state index in [9.17, 15) is 9.59 Å². The van der Waals surface area contributed by atoms with Gasteiger partial charge in [0.15, 0.2) is 0 Å². The zero-order valence-electron chi connectivity index (χ0n) is 12.5. The minimum atomic E-state index is -0.436. The fourth-order valence-electron chi connectivity index (χ4n) is 1.72. The number of aromatic nitrogens is 1. The average molecular weight is 380 g/mol. The molecule has 2 rings (SSSR count). The molecule has 6 nitrogen and oxygen atoms in total. The first-order chi connectivity index (χ1) is 11.0. The number of nitrogens with zero attached hydrogens (tertiary/aromatic N) is 1. The number of esters is 2. The van der Waals surface area contributed by atoms with Gasteiger partial charge in [-0.2, -0.15) is 0 Å². The molecule has 0 aliphatic heterocycles. The second-order valence-corrected chi connectivity index (χ2v) is 5.20. The van der Waals surface area contributed by atoms with Gasteiger partial charge in [0.2, 0.25) is 5.88 Å². The van der Waals surface area contributed by atoms with Gasteiger partial charge in [0.1, 0.15) is 5.75 Å². The molecule has 0 amide bonds. The average Bonchev–Trinajstić information content (AvgIpc) is 2.56. The van der Waals surface area contributed by atoms with Crippen LogP contribution in [0.25, 0.3) is 0 Å². The van der Waals surface area contributed by atoms with Gasteiger partial charge >= 0.3 is 11.9 Å². The van der Waals surface area contributed by atoms with E-state index in [4.69, 9.17) is 9.47 Å². The summed E-state index contributed by atoms with van der Waals surface area (Å²) in [5.74, 6) is -0.0806. The lowest BCUT2D eigenvalue weighted by molar-refractivity contribution is 0.0524. The van der Waals surface area contributed by atoms with E-state index in [1.807, 2.05) is 0 Å². The number of methoxy groups -OCH3 is 1. The Morgan fingerprint density at radius 1 is 1.13 bits per heavy atom. The Morgan fingerprint density at radius 2 is 1.87 bits per heavy atom. The highest BCUT2D eigenvalue weighted by atomic mass is 79.9. The molecule has 0 saturated carbocycles. The van der Waals surface area contributed by atoms with E-state index in [1.54, 1.807) is 37.3 Å². The molecule has 1 heterocycles. The quantitative estimate of drug-likeness (QED) is 0.738. The van der Waals surface area contributed by atoms with Crippen LogP contribution in [-0.2, 0) is 9.47 Å². The van der Waals surface area contributed by atoms with Gasteiger partial charge in [0.05, 0.1) is 29.3 Å². The maximum atomic E-state index is 11.5. The van der Waals surface area contributed by atoms with Gasteiger partial charge in [-0.05, 0) is 47.1 Å². The van der Waals surface area contributed by atoms with Crippen molar-refractivity contribution in [1.29, 1.82) is 0 Å². The molecule has 1 aromatic heterocycles. The predicted molar refractivity (Wildman–Crippen MR) is 85.7 cm³/mol. The number of benzene rings is 1. The summed E-state index contributed by atoms with van der Waals surface area (Å²) in [5.41, 5.74) is 0.747. The van der Waals surface area contributed by atoms with Gasteiger partial charge in [-0.1, -0.05) is 0 Å². The molecule has 1 aromatic carbocycles. The largest absolute Gasteiger partial charge is 0.465 e. The number of hydrogen-bond donors (Lipinski definition) is 0. The van der Waals surface area contributed by atoms with E-state index in [-0.39, 0.29) is 0 Å². The molecule has 120 valence electrons. The molecular weight excluding hydrogens is 366 g/mol. The predicted octanol–water partition coefficient (Wildman–Crippen LogP) is 3.60. The lowest BCUT2D eigenvalue weighted by Gasteiger charge is -2.08. The summed E-state index contributed by atoms with van der Waals surface area (Å²) in [7, 11) is 1.32. The second kappa shape index (κ2) is 7.73. The Labute approximate surface area is 141 Å². The summed E-state index contributed by atoms with van der Waals surface area (Å²) in [6.07, 6.45) is 1.38. The highest BCUT2D eigenvalue weighted by molar-refractivity contribution is 9.10. The SMILES string of the molecule is CCOC(=O)c1ccc(Oc2ccc(C(=O)OC)cc2Br)nc1. The normalized spacial score (nSPS) is 10.0. The minimum Gasteiger partial charge on any atom is -0.465 e.